The number of alkyl halides is 3. The second kappa shape index (κ2) is 6.79. The highest BCUT2D eigenvalue weighted by Crippen LogP contribution is 2.30. The van der Waals surface area contributed by atoms with Crippen molar-refractivity contribution in [2.24, 2.45) is 0 Å². The van der Waals surface area contributed by atoms with E-state index in [4.69, 9.17) is 4.42 Å². The number of halogens is 3. The molecule has 26 heavy (non-hydrogen) atoms. The highest BCUT2D eigenvalue weighted by Gasteiger charge is 2.36. The summed E-state index contributed by atoms with van der Waals surface area (Å²) in [6.45, 7) is 0.0487. The Balaban J connectivity index is 1.87. The number of rotatable bonds is 4. The molecule has 0 bridgehead atoms. The van der Waals surface area contributed by atoms with Crippen LogP contribution in [0.25, 0.3) is 0 Å². The lowest BCUT2D eigenvalue weighted by molar-refractivity contribution is -0.137. The Morgan fingerprint density at radius 2 is 1.88 bits per heavy atom. The van der Waals surface area contributed by atoms with E-state index >= 15 is 0 Å². The predicted octanol–water partition coefficient (Wildman–Crippen LogP) is 3.13. The van der Waals surface area contributed by atoms with Gasteiger partial charge in [0.2, 0.25) is 0 Å². The molecule has 140 valence electrons. The van der Waals surface area contributed by atoms with E-state index in [0.717, 1.165) is 24.3 Å². The molecule has 1 fully saturated rings. The Kier molecular flexibility index (Phi) is 4.83. The van der Waals surface area contributed by atoms with Crippen molar-refractivity contribution in [2.45, 2.75) is 25.2 Å². The molecule has 9 heteroatoms. The van der Waals surface area contributed by atoms with Crippen LogP contribution in [0.5, 0.6) is 0 Å². The van der Waals surface area contributed by atoms with Crippen molar-refractivity contribution in [3.8, 4) is 0 Å². The zero-order valence-corrected chi connectivity index (χ0v) is 14.4. The highest BCUT2D eigenvalue weighted by atomic mass is 32.2. The molecule has 0 aliphatic carbocycles. The first-order valence-corrected chi connectivity index (χ1v) is 9.69. The summed E-state index contributed by atoms with van der Waals surface area (Å²) in [5.41, 5.74) is -0.788. The van der Waals surface area contributed by atoms with Crippen molar-refractivity contribution in [1.82, 2.24) is 4.90 Å². The topological polar surface area (TPSA) is 67.6 Å². The van der Waals surface area contributed by atoms with E-state index in [-0.39, 0.29) is 30.0 Å². The van der Waals surface area contributed by atoms with Crippen molar-refractivity contribution in [2.75, 3.05) is 11.5 Å². The third-order valence-electron chi connectivity index (χ3n) is 4.28. The van der Waals surface area contributed by atoms with Crippen molar-refractivity contribution in [1.29, 1.82) is 0 Å². The Morgan fingerprint density at radius 1 is 1.19 bits per heavy atom. The van der Waals surface area contributed by atoms with E-state index in [1.807, 2.05) is 0 Å². The maximum Gasteiger partial charge on any atom is 0.416 e. The Hall–Kier alpha value is -2.29. The minimum atomic E-state index is -4.49. The summed E-state index contributed by atoms with van der Waals surface area (Å²) in [5, 5.41) is 0. The number of hydrogen-bond donors (Lipinski definition) is 0. The number of hydrogen-bond acceptors (Lipinski definition) is 4. The van der Waals surface area contributed by atoms with E-state index in [0.29, 0.717) is 5.76 Å². The van der Waals surface area contributed by atoms with Crippen LogP contribution in [0.15, 0.2) is 47.1 Å². The first-order chi connectivity index (χ1) is 12.2. The number of furan rings is 1. The summed E-state index contributed by atoms with van der Waals surface area (Å²) in [6, 6.07) is 6.62. The molecule has 1 unspecified atom stereocenters. The standard InChI is InChI=1S/C17H16F3NO4S/c18-17(19,20)13-5-3-12(4-6-13)16(22)21(10-15-2-1-8-25-15)14-7-9-26(23,24)11-14/h1-6,8,14H,7,9-11H2. The van der Waals surface area contributed by atoms with Crippen molar-refractivity contribution < 1.29 is 30.8 Å². The van der Waals surface area contributed by atoms with Gasteiger partial charge in [0.25, 0.3) is 5.91 Å². The van der Waals surface area contributed by atoms with Gasteiger partial charge in [-0.2, -0.15) is 13.2 Å². The summed E-state index contributed by atoms with van der Waals surface area (Å²) < 4.78 is 66.8. The summed E-state index contributed by atoms with van der Waals surface area (Å²) in [5.74, 6) is -0.251. The summed E-state index contributed by atoms with van der Waals surface area (Å²) in [4.78, 5) is 14.2. The molecule has 5 nitrogen and oxygen atoms in total. The first-order valence-electron chi connectivity index (χ1n) is 7.87. The Bertz CT molecular complexity index is 874. The van der Waals surface area contributed by atoms with Gasteiger partial charge >= 0.3 is 6.18 Å². The van der Waals surface area contributed by atoms with Gasteiger partial charge in [0, 0.05) is 11.6 Å². The molecule has 2 heterocycles. The Labute approximate surface area is 148 Å². The fourth-order valence-electron chi connectivity index (χ4n) is 2.93. The second-order valence-corrected chi connectivity index (χ2v) is 8.37. The minimum absolute atomic E-state index is 0.0212. The quantitative estimate of drug-likeness (QED) is 0.808. The largest absolute Gasteiger partial charge is 0.467 e. The van der Waals surface area contributed by atoms with E-state index in [9.17, 15) is 26.4 Å². The zero-order chi connectivity index (χ0) is 18.9. The average molecular weight is 387 g/mol. The zero-order valence-electron chi connectivity index (χ0n) is 13.6. The van der Waals surface area contributed by atoms with Crippen LogP contribution in [0, 0.1) is 0 Å². The van der Waals surface area contributed by atoms with Crippen LogP contribution in [0.1, 0.15) is 28.1 Å². The second-order valence-electron chi connectivity index (χ2n) is 6.14. The minimum Gasteiger partial charge on any atom is -0.467 e. The normalized spacial score (nSPS) is 19.4. The molecule has 1 amide bonds. The first kappa shape index (κ1) is 18.5. The summed E-state index contributed by atoms with van der Waals surface area (Å²) in [6.07, 6.45) is -2.77. The molecule has 0 spiro atoms. The number of benzene rings is 1. The molecule has 2 aromatic rings. The molecule has 0 radical (unpaired) electrons. The molecule has 1 aromatic heterocycles. The van der Waals surface area contributed by atoms with Crippen LogP contribution in [-0.4, -0.2) is 36.8 Å². The monoisotopic (exact) mass is 387 g/mol. The van der Waals surface area contributed by atoms with Crippen LogP contribution >= 0.6 is 0 Å². The summed E-state index contributed by atoms with van der Waals surface area (Å²) in [7, 11) is -3.23. The Morgan fingerprint density at radius 3 is 2.38 bits per heavy atom. The predicted molar refractivity (Wildman–Crippen MR) is 87.1 cm³/mol. The number of carbonyl (C=O) groups is 1. The molecular weight excluding hydrogens is 371 g/mol. The number of amides is 1. The number of carbonyl (C=O) groups excluding carboxylic acids is 1. The van der Waals surface area contributed by atoms with Gasteiger partial charge in [-0.05, 0) is 42.8 Å². The van der Waals surface area contributed by atoms with Crippen LogP contribution in [0.2, 0.25) is 0 Å². The molecule has 3 rings (SSSR count). The van der Waals surface area contributed by atoms with E-state index in [1.165, 1.54) is 11.2 Å². The van der Waals surface area contributed by atoms with Crippen LogP contribution in [0.3, 0.4) is 0 Å². The highest BCUT2D eigenvalue weighted by molar-refractivity contribution is 7.91. The maximum atomic E-state index is 12.8. The van der Waals surface area contributed by atoms with E-state index in [2.05, 4.69) is 0 Å². The molecule has 1 aliphatic rings. The van der Waals surface area contributed by atoms with Gasteiger partial charge in [0.1, 0.15) is 5.76 Å². The molecule has 1 saturated heterocycles. The molecule has 1 aliphatic heterocycles. The van der Waals surface area contributed by atoms with E-state index in [1.54, 1.807) is 12.1 Å². The van der Waals surface area contributed by atoms with Crippen molar-refractivity contribution in [3.63, 3.8) is 0 Å². The fraction of sp³-hybridized carbons (Fsp3) is 0.353. The van der Waals surface area contributed by atoms with Crippen LogP contribution in [-0.2, 0) is 22.6 Å². The number of nitrogens with zero attached hydrogens (tertiary/aromatic N) is 1. The molecular formula is C17H16F3NO4S. The van der Waals surface area contributed by atoms with Gasteiger partial charge in [0.05, 0.1) is 29.9 Å². The van der Waals surface area contributed by atoms with Crippen LogP contribution in [0.4, 0.5) is 13.2 Å². The molecule has 0 saturated carbocycles. The van der Waals surface area contributed by atoms with Gasteiger partial charge in [0.15, 0.2) is 9.84 Å². The molecule has 1 aromatic carbocycles. The van der Waals surface area contributed by atoms with Gasteiger partial charge in [-0.15, -0.1) is 0 Å². The van der Waals surface area contributed by atoms with E-state index < -0.39 is 33.5 Å². The SMILES string of the molecule is O=C(c1ccc(C(F)(F)F)cc1)N(Cc1ccco1)C1CCS(=O)(=O)C1. The van der Waals surface area contributed by atoms with Gasteiger partial charge in [-0.1, -0.05) is 0 Å². The lowest BCUT2D eigenvalue weighted by atomic mass is 10.1. The smallest absolute Gasteiger partial charge is 0.416 e. The lowest BCUT2D eigenvalue weighted by Gasteiger charge is -2.27. The lowest BCUT2D eigenvalue weighted by Crippen LogP contribution is -2.40. The van der Waals surface area contributed by atoms with Crippen LogP contribution < -0.4 is 0 Å². The van der Waals surface area contributed by atoms with Crippen molar-refractivity contribution >= 4 is 15.7 Å². The van der Waals surface area contributed by atoms with Crippen molar-refractivity contribution in [3.05, 3.63) is 59.5 Å². The van der Waals surface area contributed by atoms with Gasteiger partial charge < -0.3 is 9.32 Å². The maximum absolute atomic E-state index is 12.8. The third kappa shape index (κ3) is 4.09. The van der Waals surface area contributed by atoms with Gasteiger partial charge in [-0.25, -0.2) is 8.42 Å². The average Bonchev–Trinajstić information content (AvgIpc) is 3.20. The molecule has 0 N–H and O–H groups in total. The van der Waals surface area contributed by atoms with Gasteiger partial charge in [-0.3, -0.25) is 4.79 Å². The number of sulfone groups is 1. The molecule has 1 atom stereocenters. The fourth-order valence-corrected chi connectivity index (χ4v) is 4.66. The third-order valence-corrected chi connectivity index (χ3v) is 6.03. The summed E-state index contributed by atoms with van der Waals surface area (Å²) >= 11 is 0.